The van der Waals surface area contributed by atoms with Crippen molar-refractivity contribution in [1.82, 2.24) is 15.1 Å². The third-order valence-electron chi connectivity index (χ3n) is 3.77. The van der Waals surface area contributed by atoms with Crippen molar-refractivity contribution in [3.63, 3.8) is 0 Å². The van der Waals surface area contributed by atoms with Gasteiger partial charge in [-0.25, -0.2) is 0 Å². The molecule has 0 saturated carbocycles. The first kappa shape index (κ1) is 14.1. The number of hydrogen-bond acceptors (Lipinski definition) is 5. The lowest BCUT2D eigenvalue weighted by atomic mass is 10.0. The van der Waals surface area contributed by atoms with Gasteiger partial charge in [-0.3, -0.25) is 9.48 Å². The van der Waals surface area contributed by atoms with Gasteiger partial charge in [0, 0.05) is 36.4 Å². The third kappa shape index (κ3) is 2.79. The van der Waals surface area contributed by atoms with Gasteiger partial charge in [0.25, 0.3) is 0 Å². The molecule has 0 bridgehead atoms. The number of anilines is 1. The molecule has 110 valence electrons. The van der Waals surface area contributed by atoms with E-state index in [0.29, 0.717) is 0 Å². The Morgan fingerprint density at radius 1 is 1.50 bits per heavy atom. The first-order valence-electron chi connectivity index (χ1n) is 6.91. The second kappa shape index (κ2) is 5.89. The third-order valence-corrected chi connectivity index (χ3v) is 6.52. The maximum Gasteiger partial charge on any atom is 0.234 e. The summed E-state index contributed by atoms with van der Waals surface area (Å²) in [7, 11) is 1.95. The number of nitrogens with one attached hydrogen (secondary N) is 2. The van der Waals surface area contributed by atoms with Crippen molar-refractivity contribution in [3.05, 3.63) is 11.3 Å². The van der Waals surface area contributed by atoms with Gasteiger partial charge < -0.3 is 10.6 Å². The number of hydrogen-bond donors (Lipinski definition) is 2. The molecule has 1 amide bonds. The number of amides is 1. The minimum Gasteiger partial charge on any atom is -0.368 e. The fourth-order valence-corrected chi connectivity index (χ4v) is 5.31. The molecule has 2 atom stereocenters. The lowest BCUT2D eigenvalue weighted by molar-refractivity contribution is -0.120. The Kier molecular flexibility index (Phi) is 4.16. The van der Waals surface area contributed by atoms with Gasteiger partial charge in [-0.1, -0.05) is 0 Å². The zero-order valence-corrected chi connectivity index (χ0v) is 13.4. The molecule has 2 aliphatic rings. The zero-order valence-electron chi connectivity index (χ0n) is 11.8. The highest BCUT2D eigenvalue weighted by atomic mass is 32.2. The number of aromatic nitrogens is 2. The summed E-state index contributed by atoms with van der Waals surface area (Å²) in [6, 6.07) is 0.172. The highest BCUT2D eigenvalue weighted by Crippen LogP contribution is 2.26. The molecule has 1 aromatic heterocycles. The molecule has 20 heavy (non-hydrogen) atoms. The molecule has 3 rings (SSSR count). The fraction of sp³-hybridized carbons (Fsp3) is 0.692. The van der Waals surface area contributed by atoms with Gasteiger partial charge in [0.15, 0.2) is 0 Å². The van der Waals surface area contributed by atoms with Crippen LogP contribution in [-0.2, 0) is 18.3 Å². The van der Waals surface area contributed by atoms with E-state index in [1.54, 1.807) is 11.8 Å². The molecule has 1 saturated heterocycles. The van der Waals surface area contributed by atoms with Gasteiger partial charge in [0.1, 0.15) is 5.82 Å². The van der Waals surface area contributed by atoms with E-state index in [4.69, 9.17) is 0 Å². The largest absolute Gasteiger partial charge is 0.368 e. The second-order valence-electron chi connectivity index (χ2n) is 5.26. The highest BCUT2D eigenvalue weighted by molar-refractivity contribution is 8.07. The number of nitrogens with zero attached hydrogens (tertiary/aromatic N) is 2. The van der Waals surface area contributed by atoms with Crippen LogP contribution in [0, 0.1) is 6.92 Å². The number of aryl methyl sites for hydroxylation is 2. The highest BCUT2D eigenvalue weighted by Gasteiger charge is 2.28. The first-order valence-corrected chi connectivity index (χ1v) is 9.11. The summed E-state index contributed by atoms with van der Waals surface area (Å²) < 4.78 is 1.89. The molecule has 0 radical (unpaired) electrons. The Labute approximate surface area is 127 Å². The Bertz CT molecular complexity index is 511. The lowest BCUT2D eigenvalue weighted by Crippen LogP contribution is -2.47. The average Bonchev–Trinajstić information content (AvgIpc) is 2.75. The molecule has 0 aliphatic carbocycles. The van der Waals surface area contributed by atoms with E-state index in [9.17, 15) is 4.79 Å². The van der Waals surface area contributed by atoms with Gasteiger partial charge in [-0.2, -0.15) is 16.9 Å². The predicted molar refractivity (Wildman–Crippen MR) is 85.6 cm³/mol. The minimum absolute atomic E-state index is 0.116. The number of fused-ring (bicyclic) bond motifs is 1. The van der Waals surface area contributed by atoms with Crippen molar-refractivity contribution in [2.24, 2.45) is 7.05 Å². The van der Waals surface area contributed by atoms with E-state index in [-0.39, 0.29) is 17.2 Å². The molecule has 7 heteroatoms. The van der Waals surface area contributed by atoms with Crippen molar-refractivity contribution in [3.8, 4) is 0 Å². The van der Waals surface area contributed by atoms with Crippen LogP contribution in [0.15, 0.2) is 0 Å². The molecule has 3 heterocycles. The standard InChI is InChI=1S/C13H20N4OS2/c1-8-10-5-9(6-14-12(10)17(2)16-8)15-13(18)11-7-19-3-4-20-11/h9,11,14H,3-7H2,1-2H3,(H,15,18). The number of carbonyl (C=O) groups is 1. The average molecular weight is 312 g/mol. The van der Waals surface area contributed by atoms with Crippen LogP contribution >= 0.6 is 23.5 Å². The summed E-state index contributed by atoms with van der Waals surface area (Å²) in [6.45, 7) is 2.81. The van der Waals surface area contributed by atoms with E-state index in [1.807, 2.05) is 30.4 Å². The fourth-order valence-electron chi connectivity index (χ4n) is 2.74. The molecular weight excluding hydrogens is 292 g/mol. The maximum absolute atomic E-state index is 12.3. The number of rotatable bonds is 2. The van der Waals surface area contributed by atoms with Gasteiger partial charge in [0.05, 0.1) is 17.0 Å². The van der Waals surface area contributed by atoms with Gasteiger partial charge in [0.2, 0.25) is 5.91 Å². The monoisotopic (exact) mass is 312 g/mol. The second-order valence-corrected chi connectivity index (χ2v) is 7.72. The van der Waals surface area contributed by atoms with Crippen LogP contribution in [0.4, 0.5) is 5.82 Å². The van der Waals surface area contributed by atoms with E-state index in [1.165, 1.54) is 5.56 Å². The van der Waals surface area contributed by atoms with Crippen LogP contribution in [0.2, 0.25) is 0 Å². The molecule has 1 fully saturated rings. The molecule has 1 aromatic rings. The van der Waals surface area contributed by atoms with Gasteiger partial charge in [-0.05, 0) is 13.3 Å². The molecule has 0 aromatic carbocycles. The van der Waals surface area contributed by atoms with E-state index < -0.39 is 0 Å². The van der Waals surface area contributed by atoms with Crippen LogP contribution in [0.3, 0.4) is 0 Å². The van der Waals surface area contributed by atoms with Crippen LogP contribution in [0.1, 0.15) is 11.3 Å². The summed E-state index contributed by atoms with van der Waals surface area (Å²) in [4.78, 5) is 12.3. The van der Waals surface area contributed by atoms with Crippen molar-refractivity contribution < 1.29 is 4.79 Å². The SMILES string of the molecule is Cc1nn(C)c2c1CC(NC(=O)C1CSCCS1)CN2. The van der Waals surface area contributed by atoms with Gasteiger partial charge in [-0.15, -0.1) is 11.8 Å². The Morgan fingerprint density at radius 2 is 2.35 bits per heavy atom. The van der Waals surface area contributed by atoms with Crippen molar-refractivity contribution >= 4 is 35.2 Å². The van der Waals surface area contributed by atoms with Crippen molar-refractivity contribution in [2.75, 3.05) is 29.1 Å². The van der Waals surface area contributed by atoms with Crippen molar-refractivity contribution in [1.29, 1.82) is 0 Å². The minimum atomic E-state index is 0.116. The molecule has 5 nitrogen and oxygen atoms in total. The Hall–Kier alpha value is -0.820. The van der Waals surface area contributed by atoms with E-state index in [0.717, 1.165) is 41.7 Å². The van der Waals surface area contributed by atoms with Crippen LogP contribution < -0.4 is 10.6 Å². The van der Waals surface area contributed by atoms with Crippen LogP contribution in [0.5, 0.6) is 0 Å². The molecule has 2 unspecified atom stereocenters. The normalized spacial score (nSPS) is 25.7. The summed E-state index contributed by atoms with van der Waals surface area (Å²) in [5.74, 6) is 4.47. The van der Waals surface area contributed by atoms with E-state index >= 15 is 0 Å². The molecule has 0 spiro atoms. The van der Waals surface area contributed by atoms with Crippen LogP contribution in [-0.4, -0.2) is 50.8 Å². The summed E-state index contributed by atoms with van der Waals surface area (Å²) in [5.41, 5.74) is 2.28. The molecular formula is C13H20N4OS2. The van der Waals surface area contributed by atoms with Crippen molar-refractivity contribution in [2.45, 2.75) is 24.6 Å². The Balaban J connectivity index is 1.62. The summed E-state index contributed by atoms with van der Waals surface area (Å²) in [6.07, 6.45) is 0.873. The van der Waals surface area contributed by atoms with Gasteiger partial charge >= 0.3 is 0 Å². The smallest absolute Gasteiger partial charge is 0.234 e. The van der Waals surface area contributed by atoms with Crippen LogP contribution in [0.25, 0.3) is 0 Å². The summed E-state index contributed by atoms with van der Waals surface area (Å²) in [5, 5.41) is 11.1. The molecule has 2 N–H and O–H groups in total. The lowest BCUT2D eigenvalue weighted by Gasteiger charge is -2.28. The quantitative estimate of drug-likeness (QED) is 0.854. The summed E-state index contributed by atoms with van der Waals surface area (Å²) >= 11 is 3.66. The zero-order chi connectivity index (χ0) is 14.1. The topological polar surface area (TPSA) is 59.0 Å². The first-order chi connectivity index (χ1) is 9.65. The molecule has 2 aliphatic heterocycles. The maximum atomic E-state index is 12.3. The Morgan fingerprint density at radius 3 is 3.10 bits per heavy atom. The predicted octanol–water partition coefficient (Wildman–Crippen LogP) is 1.03. The number of thioether (sulfide) groups is 2. The van der Waals surface area contributed by atoms with E-state index in [2.05, 4.69) is 15.7 Å². The number of carbonyl (C=O) groups excluding carboxylic acids is 1.